The quantitative estimate of drug-likeness (QED) is 0.408. The van der Waals surface area contributed by atoms with Gasteiger partial charge in [-0.25, -0.2) is 8.78 Å². The number of carbonyl (C=O) groups excluding carboxylic acids is 1. The Morgan fingerprint density at radius 3 is 2.79 bits per heavy atom. The van der Waals surface area contributed by atoms with Crippen LogP contribution in [0.2, 0.25) is 0 Å². The molecular formula is C24H22F2N4O4. The fraction of sp³-hybridized carbons (Fsp3) is 0.292. The molecule has 5 rings (SSSR count). The summed E-state index contributed by atoms with van der Waals surface area (Å²) < 4.78 is 43.7. The number of benzene rings is 2. The van der Waals surface area contributed by atoms with Crippen molar-refractivity contribution in [2.45, 2.75) is 12.6 Å². The summed E-state index contributed by atoms with van der Waals surface area (Å²) in [6.07, 6.45) is -0.586. The molecule has 1 aliphatic heterocycles. The van der Waals surface area contributed by atoms with E-state index in [9.17, 15) is 13.6 Å². The molecule has 0 aliphatic carbocycles. The Bertz CT molecular complexity index is 1320. The molecule has 0 spiro atoms. The fourth-order valence-electron chi connectivity index (χ4n) is 3.94. The maximum atomic E-state index is 14.5. The highest BCUT2D eigenvalue weighted by Crippen LogP contribution is 2.33. The average Bonchev–Trinajstić information content (AvgIpc) is 3.59. The molecule has 0 saturated carbocycles. The van der Waals surface area contributed by atoms with Crippen molar-refractivity contribution in [1.82, 2.24) is 20.3 Å². The normalized spacial score (nSPS) is 15.9. The molecule has 1 fully saturated rings. The number of halogens is 2. The minimum atomic E-state index is -0.960. The number of amides is 1. The van der Waals surface area contributed by atoms with Gasteiger partial charge >= 0.3 is 0 Å². The number of likely N-dealkylation sites (tertiary alicyclic amines) is 1. The minimum Gasteiger partial charge on any atom is -0.488 e. The molecule has 1 amide bonds. The molecular weight excluding hydrogens is 446 g/mol. The number of fused-ring (bicyclic) bond motifs is 1. The monoisotopic (exact) mass is 468 g/mol. The second-order valence-corrected chi connectivity index (χ2v) is 8.03. The van der Waals surface area contributed by atoms with Crippen LogP contribution < -0.4 is 4.74 Å². The van der Waals surface area contributed by atoms with E-state index in [1.807, 2.05) is 0 Å². The van der Waals surface area contributed by atoms with Gasteiger partial charge in [0.25, 0.3) is 5.91 Å². The molecule has 2 aromatic heterocycles. The molecule has 1 aliphatic rings. The summed E-state index contributed by atoms with van der Waals surface area (Å²) in [5, 5.41) is 11.7. The number of aromatic nitrogens is 3. The second-order valence-electron chi connectivity index (χ2n) is 8.03. The molecule has 0 bridgehead atoms. The minimum absolute atomic E-state index is 0.101. The van der Waals surface area contributed by atoms with Crippen molar-refractivity contribution in [2.24, 2.45) is 0 Å². The first-order valence-electron chi connectivity index (χ1n) is 10.8. The lowest BCUT2D eigenvalue weighted by molar-refractivity contribution is 0.0783. The van der Waals surface area contributed by atoms with E-state index in [4.69, 9.17) is 14.0 Å². The lowest BCUT2D eigenvalue weighted by Crippen LogP contribution is -2.28. The first-order chi connectivity index (χ1) is 16.5. The van der Waals surface area contributed by atoms with Crippen molar-refractivity contribution in [3.8, 4) is 28.5 Å². The van der Waals surface area contributed by atoms with Crippen molar-refractivity contribution in [3.05, 3.63) is 53.8 Å². The Kier molecular flexibility index (Phi) is 5.97. The molecule has 1 N–H and O–H groups in total. The van der Waals surface area contributed by atoms with E-state index in [0.717, 1.165) is 5.56 Å². The summed E-state index contributed by atoms with van der Waals surface area (Å²) in [7, 11) is 1.54. The van der Waals surface area contributed by atoms with Crippen molar-refractivity contribution < 1.29 is 27.6 Å². The molecule has 1 atom stereocenters. The third-order valence-electron chi connectivity index (χ3n) is 5.75. The number of aromatic amines is 1. The van der Waals surface area contributed by atoms with Crippen molar-refractivity contribution in [3.63, 3.8) is 0 Å². The zero-order valence-electron chi connectivity index (χ0n) is 18.4. The first kappa shape index (κ1) is 22.0. The number of rotatable bonds is 7. The van der Waals surface area contributed by atoms with Crippen LogP contribution in [0.15, 0.2) is 47.0 Å². The van der Waals surface area contributed by atoms with Crippen LogP contribution in [0.5, 0.6) is 5.75 Å². The number of alkyl halides is 1. The van der Waals surface area contributed by atoms with Crippen LogP contribution in [0.1, 0.15) is 16.8 Å². The van der Waals surface area contributed by atoms with Gasteiger partial charge < -0.3 is 18.9 Å². The molecule has 3 heterocycles. The van der Waals surface area contributed by atoms with E-state index in [2.05, 4.69) is 15.4 Å². The van der Waals surface area contributed by atoms with E-state index in [1.54, 1.807) is 37.4 Å². The van der Waals surface area contributed by atoms with Crippen LogP contribution in [-0.4, -0.2) is 65.7 Å². The molecule has 0 unspecified atom stereocenters. The van der Waals surface area contributed by atoms with Crippen LogP contribution >= 0.6 is 0 Å². The van der Waals surface area contributed by atoms with Gasteiger partial charge in [-0.15, -0.1) is 0 Å². The lowest BCUT2D eigenvalue weighted by Gasteiger charge is -2.15. The number of nitrogens with zero attached hydrogens (tertiary/aromatic N) is 3. The highest BCUT2D eigenvalue weighted by atomic mass is 19.1. The van der Waals surface area contributed by atoms with Gasteiger partial charge in [0.15, 0.2) is 17.3 Å². The van der Waals surface area contributed by atoms with Gasteiger partial charge in [0.2, 0.25) is 0 Å². The van der Waals surface area contributed by atoms with Gasteiger partial charge in [0.1, 0.15) is 24.2 Å². The summed E-state index contributed by atoms with van der Waals surface area (Å²) in [6, 6.07) is 11.4. The van der Waals surface area contributed by atoms with Crippen LogP contribution in [0, 0.1) is 5.82 Å². The second kappa shape index (κ2) is 9.22. The van der Waals surface area contributed by atoms with Crippen LogP contribution in [0.3, 0.4) is 0 Å². The van der Waals surface area contributed by atoms with Gasteiger partial charge in [-0.3, -0.25) is 9.89 Å². The number of carbonyl (C=O) groups is 1. The van der Waals surface area contributed by atoms with Gasteiger partial charge in [0.05, 0.1) is 18.7 Å². The molecule has 176 valence electrons. The smallest absolute Gasteiger partial charge is 0.253 e. The standard InChI is InChI=1S/C24H22F2N4O4/c1-32-8-9-33-21-12-20-17(10-18(21)26)23(28-27-20)22-11-19(29-34-22)14-2-4-15(5-3-14)24(31)30-7-6-16(25)13-30/h2-5,10-12,16H,6-9,13H2,1H3,(H,27,28)/t16-/m1/s1. The Hall–Kier alpha value is -3.79. The molecule has 34 heavy (non-hydrogen) atoms. The maximum absolute atomic E-state index is 14.5. The van der Waals surface area contributed by atoms with Crippen molar-refractivity contribution in [2.75, 3.05) is 33.4 Å². The number of H-pyrrole nitrogens is 1. The van der Waals surface area contributed by atoms with Crippen molar-refractivity contribution >= 4 is 16.8 Å². The van der Waals surface area contributed by atoms with Crippen molar-refractivity contribution in [1.29, 1.82) is 0 Å². The fourth-order valence-corrected chi connectivity index (χ4v) is 3.94. The summed E-state index contributed by atoms with van der Waals surface area (Å²) in [5.74, 6) is -0.255. The first-order valence-corrected chi connectivity index (χ1v) is 10.8. The summed E-state index contributed by atoms with van der Waals surface area (Å²) in [4.78, 5) is 14.0. The van der Waals surface area contributed by atoms with Gasteiger partial charge in [0, 0.05) is 42.3 Å². The number of hydrogen-bond acceptors (Lipinski definition) is 6. The Morgan fingerprint density at radius 1 is 1.24 bits per heavy atom. The maximum Gasteiger partial charge on any atom is 0.253 e. The Balaban J connectivity index is 1.35. The van der Waals surface area contributed by atoms with E-state index in [-0.39, 0.29) is 24.8 Å². The van der Waals surface area contributed by atoms with E-state index in [0.29, 0.717) is 53.2 Å². The number of methoxy groups -OCH3 is 1. The molecule has 0 radical (unpaired) electrons. The summed E-state index contributed by atoms with van der Waals surface area (Å²) in [6.45, 7) is 1.13. The summed E-state index contributed by atoms with van der Waals surface area (Å²) in [5.41, 5.74) is 2.75. The Labute approximate surface area is 193 Å². The van der Waals surface area contributed by atoms with E-state index in [1.165, 1.54) is 17.0 Å². The third-order valence-corrected chi connectivity index (χ3v) is 5.75. The predicted octanol–water partition coefficient (Wildman–Crippen LogP) is 4.23. The highest BCUT2D eigenvalue weighted by Gasteiger charge is 2.26. The lowest BCUT2D eigenvalue weighted by atomic mass is 10.1. The summed E-state index contributed by atoms with van der Waals surface area (Å²) >= 11 is 0. The molecule has 10 heteroatoms. The van der Waals surface area contributed by atoms with Crippen LogP contribution in [0.25, 0.3) is 33.6 Å². The van der Waals surface area contributed by atoms with Crippen LogP contribution in [0.4, 0.5) is 8.78 Å². The number of hydrogen-bond donors (Lipinski definition) is 1. The van der Waals surface area contributed by atoms with Gasteiger partial charge in [-0.1, -0.05) is 17.3 Å². The highest BCUT2D eigenvalue weighted by molar-refractivity contribution is 5.95. The predicted molar refractivity (Wildman–Crippen MR) is 120 cm³/mol. The molecule has 4 aromatic rings. The number of nitrogens with one attached hydrogen (secondary N) is 1. The van der Waals surface area contributed by atoms with E-state index >= 15 is 0 Å². The molecule has 8 nitrogen and oxygen atoms in total. The number of ether oxygens (including phenoxy) is 2. The molecule has 2 aromatic carbocycles. The van der Waals surface area contributed by atoms with Gasteiger partial charge in [-0.05, 0) is 24.6 Å². The zero-order chi connectivity index (χ0) is 23.7. The topological polar surface area (TPSA) is 93.5 Å². The average molecular weight is 468 g/mol. The Morgan fingerprint density at radius 2 is 2.06 bits per heavy atom. The zero-order valence-corrected chi connectivity index (χ0v) is 18.4. The van der Waals surface area contributed by atoms with Gasteiger partial charge in [-0.2, -0.15) is 5.10 Å². The third kappa shape index (κ3) is 4.24. The van der Waals surface area contributed by atoms with E-state index < -0.39 is 12.0 Å². The van der Waals surface area contributed by atoms with Crippen LogP contribution in [-0.2, 0) is 4.74 Å². The molecule has 1 saturated heterocycles. The largest absolute Gasteiger partial charge is 0.488 e. The SMILES string of the molecule is COCCOc1cc2[nH]nc(-c3cc(-c4ccc(C(=O)N5CC[C@@H](F)C5)cc4)no3)c2cc1F.